The Morgan fingerprint density at radius 2 is 1.95 bits per heavy atom. The summed E-state index contributed by atoms with van der Waals surface area (Å²) >= 11 is 0. The van der Waals surface area contributed by atoms with E-state index in [9.17, 15) is 9.90 Å². The summed E-state index contributed by atoms with van der Waals surface area (Å²) in [4.78, 5) is 19.1. The molecule has 1 aliphatic carbocycles. The molecule has 3 rings (SSSR count). The Hall–Kier alpha value is -1.88. The number of aromatic amines is 1. The molecule has 3 N–H and O–H groups in total. The van der Waals surface area contributed by atoms with Gasteiger partial charge in [-0.3, -0.25) is 9.78 Å². The lowest BCUT2D eigenvalue weighted by molar-refractivity contribution is 0.126. The molecular weight excluding hydrogens is 242 g/mol. The Labute approximate surface area is 110 Å². The van der Waals surface area contributed by atoms with Crippen LogP contribution in [0.5, 0.6) is 0 Å². The number of benzene rings is 1. The van der Waals surface area contributed by atoms with E-state index in [0.29, 0.717) is 16.9 Å². The van der Waals surface area contributed by atoms with Crippen molar-refractivity contribution in [2.75, 3.05) is 5.32 Å². The number of hydrogen-bond donors (Lipinski definition) is 3. The normalized spacial score (nSPS) is 23.4. The van der Waals surface area contributed by atoms with Gasteiger partial charge in [0.2, 0.25) is 5.95 Å². The fourth-order valence-corrected chi connectivity index (χ4v) is 2.57. The van der Waals surface area contributed by atoms with E-state index in [2.05, 4.69) is 15.3 Å². The molecule has 1 heterocycles. The van der Waals surface area contributed by atoms with Crippen LogP contribution in [-0.2, 0) is 0 Å². The van der Waals surface area contributed by atoms with E-state index < -0.39 is 0 Å². The molecule has 0 amide bonds. The summed E-state index contributed by atoms with van der Waals surface area (Å²) < 4.78 is 0. The Kier molecular flexibility index (Phi) is 3.21. The summed E-state index contributed by atoms with van der Waals surface area (Å²) in [5.74, 6) is 0.519. The van der Waals surface area contributed by atoms with Gasteiger partial charge in [0.05, 0.1) is 17.0 Å². The van der Waals surface area contributed by atoms with Crippen LogP contribution in [0.25, 0.3) is 10.9 Å². The van der Waals surface area contributed by atoms with Crippen LogP contribution in [0, 0.1) is 0 Å². The van der Waals surface area contributed by atoms with Gasteiger partial charge in [0, 0.05) is 6.04 Å². The molecule has 5 nitrogen and oxygen atoms in total. The highest BCUT2D eigenvalue weighted by molar-refractivity contribution is 5.78. The fourth-order valence-electron chi connectivity index (χ4n) is 2.57. The van der Waals surface area contributed by atoms with E-state index in [0.717, 1.165) is 25.7 Å². The van der Waals surface area contributed by atoms with Crippen molar-refractivity contribution in [3.05, 3.63) is 34.6 Å². The molecule has 1 aliphatic rings. The molecule has 0 atom stereocenters. The van der Waals surface area contributed by atoms with Crippen molar-refractivity contribution < 1.29 is 5.11 Å². The molecule has 2 aromatic rings. The Morgan fingerprint density at radius 1 is 1.21 bits per heavy atom. The molecule has 1 saturated carbocycles. The Balaban J connectivity index is 1.83. The van der Waals surface area contributed by atoms with E-state index in [1.54, 1.807) is 6.07 Å². The predicted molar refractivity (Wildman–Crippen MR) is 74.2 cm³/mol. The summed E-state index contributed by atoms with van der Waals surface area (Å²) in [5.41, 5.74) is 0.577. The number of H-pyrrole nitrogens is 1. The standard InChI is InChI=1S/C14H17N3O2/c18-10-7-5-9(6-8-10)15-14-16-12-4-2-1-3-11(12)13(19)17-14/h1-4,9-10,18H,5-8H2,(H2,15,16,17,19). The molecule has 100 valence electrons. The van der Waals surface area contributed by atoms with E-state index in [4.69, 9.17) is 0 Å². The molecule has 0 bridgehead atoms. The van der Waals surface area contributed by atoms with Gasteiger partial charge >= 0.3 is 0 Å². The van der Waals surface area contributed by atoms with Gasteiger partial charge in [-0.1, -0.05) is 12.1 Å². The lowest BCUT2D eigenvalue weighted by Crippen LogP contribution is -2.29. The van der Waals surface area contributed by atoms with Gasteiger partial charge in [-0.2, -0.15) is 0 Å². The number of rotatable bonds is 2. The zero-order valence-corrected chi connectivity index (χ0v) is 10.6. The molecular formula is C14H17N3O2. The lowest BCUT2D eigenvalue weighted by Gasteiger charge is -2.26. The van der Waals surface area contributed by atoms with Gasteiger partial charge in [-0.25, -0.2) is 4.98 Å². The third-order valence-corrected chi connectivity index (χ3v) is 3.65. The van der Waals surface area contributed by atoms with E-state index in [-0.39, 0.29) is 17.7 Å². The number of hydrogen-bond acceptors (Lipinski definition) is 4. The number of aromatic nitrogens is 2. The molecule has 19 heavy (non-hydrogen) atoms. The molecule has 0 aliphatic heterocycles. The lowest BCUT2D eigenvalue weighted by atomic mass is 9.93. The van der Waals surface area contributed by atoms with E-state index in [1.807, 2.05) is 18.2 Å². The van der Waals surface area contributed by atoms with Crippen molar-refractivity contribution in [1.82, 2.24) is 9.97 Å². The number of nitrogens with zero attached hydrogens (tertiary/aromatic N) is 1. The predicted octanol–water partition coefficient (Wildman–Crippen LogP) is 1.64. The molecule has 5 heteroatoms. The van der Waals surface area contributed by atoms with E-state index >= 15 is 0 Å². The van der Waals surface area contributed by atoms with Gasteiger partial charge in [0.25, 0.3) is 5.56 Å². The second-order valence-electron chi connectivity index (χ2n) is 5.08. The third kappa shape index (κ3) is 2.61. The quantitative estimate of drug-likeness (QED) is 0.766. The molecule has 1 aromatic carbocycles. The van der Waals surface area contributed by atoms with Crippen LogP contribution in [0.3, 0.4) is 0 Å². The van der Waals surface area contributed by atoms with Crippen molar-refractivity contribution in [2.45, 2.75) is 37.8 Å². The van der Waals surface area contributed by atoms with Crippen LogP contribution in [0.1, 0.15) is 25.7 Å². The van der Waals surface area contributed by atoms with Crippen molar-refractivity contribution in [2.24, 2.45) is 0 Å². The average molecular weight is 259 g/mol. The fraction of sp³-hybridized carbons (Fsp3) is 0.429. The zero-order valence-electron chi connectivity index (χ0n) is 10.6. The monoisotopic (exact) mass is 259 g/mol. The molecule has 0 unspecified atom stereocenters. The van der Waals surface area contributed by atoms with Gasteiger partial charge < -0.3 is 10.4 Å². The molecule has 0 saturated heterocycles. The summed E-state index contributed by atoms with van der Waals surface area (Å²) in [6, 6.07) is 7.57. The molecule has 0 spiro atoms. The summed E-state index contributed by atoms with van der Waals surface area (Å²) in [6.45, 7) is 0. The molecule has 1 aromatic heterocycles. The minimum Gasteiger partial charge on any atom is -0.393 e. The van der Waals surface area contributed by atoms with E-state index in [1.165, 1.54) is 0 Å². The van der Waals surface area contributed by atoms with Crippen LogP contribution in [0.4, 0.5) is 5.95 Å². The smallest absolute Gasteiger partial charge is 0.260 e. The van der Waals surface area contributed by atoms with Crippen molar-refractivity contribution in [1.29, 1.82) is 0 Å². The SMILES string of the molecule is O=c1[nH]c(NC2CCC(O)CC2)nc2ccccc12. The number of para-hydroxylation sites is 1. The van der Waals surface area contributed by atoms with Crippen molar-refractivity contribution in [3.63, 3.8) is 0 Å². The number of fused-ring (bicyclic) bond motifs is 1. The molecule has 0 radical (unpaired) electrons. The highest BCUT2D eigenvalue weighted by Crippen LogP contribution is 2.21. The second-order valence-corrected chi connectivity index (χ2v) is 5.08. The van der Waals surface area contributed by atoms with Gasteiger partial charge in [0.15, 0.2) is 0 Å². The first-order valence-electron chi connectivity index (χ1n) is 6.66. The topological polar surface area (TPSA) is 78.0 Å². The Morgan fingerprint density at radius 3 is 2.74 bits per heavy atom. The van der Waals surface area contributed by atoms with Crippen molar-refractivity contribution in [3.8, 4) is 0 Å². The van der Waals surface area contributed by atoms with Gasteiger partial charge in [-0.05, 0) is 37.8 Å². The first-order valence-corrected chi connectivity index (χ1v) is 6.66. The first kappa shape index (κ1) is 12.2. The highest BCUT2D eigenvalue weighted by atomic mass is 16.3. The van der Waals surface area contributed by atoms with Crippen LogP contribution in [-0.4, -0.2) is 27.2 Å². The maximum absolute atomic E-state index is 11.9. The number of aliphatic hydroxyl groups excluding tert-OH is 1. The maximum Gasteiger partial charge on any atom is 0.260 e. The third-order valence-electron chi connectivity index (χ3n) is 3.65. The number of anilines is 1. The minimum atomic E-state index is -0.179. The maximum atomic E-state index is 11.9. The van der Waals surface area contributed by atoms with Crippen molar-refractivity contribution >= 4 is 16.9 Å². The molecule has 1 fully saturated rings. The second kappa shape index (κ2) is 5.01. The minimum absolute atomic E-state index is 0.121. The van der Waals surface area contributed by atoms with Crippen LogP contribution in [0.2, 0.25) is 0 Å². The number of aliphatic hydroxyl groups is 1. The van der Waals surface area contributed by atoms with Crippen LogP contribution in [0.15, 0.2) is 29.1 Å². The largest absolute Gasteiger partial charge is 0.393 e. The zero-order chi connectivity index (χ0) is 13.2. The van der Waals surface area contributed by atoms with Crippen LogP contribution >= 0.6 is 0 Å². The van der Waals surface area contributed by atoms with Gasteiger partial charge in [-0.15, -0.1) is 0 Å². The average Bonchev–Trinajstić information content (AvgIpc) is 2.42. The highest BCUT2D eigenvalue weighted by Gasteiger charge is 2.19. The first-order chi connectivity index (χ1) is 9.22. The number of nitrogens with one attached hydrogen (secondary N) is 2. The summed E-state index contributed by atoms with van der Waals surface area (Å²) in [5, 5.41) is 13.3. The van der Waals surface area contributed by atoms with Gasteiger partial charge in [0.1, 0.15) is 0 Å². The summed E-state index contributed by atoms with van der Waals surface area (Å²) in [6.07, 6.45) is 3.22. The Bertz CT molecular complexity index is 630. The van der Waals surface area contributed by atoms with Crippen LogP contribution < -0.4 is 10.9 Å². The summed E-state index contributed by atoms with van der Waals surface area (Å²) in [7, 11) is 0.